The van der Waals surface area contributed by atoms with Crippen LogP contribution in [0.1, 0.15) is 132 Å². The highest BCUT2D eigenvalue weighted by atomic mass is 16.5. The van der Waals surface area contributed by atoms with E-state index in [1.165, 1.54) is 156 Å². The van der Waals surface area contributed by atoms with Crippen molar-refractivity contribution < 1.29 is 19.0 Å². The van der Waals surface area contributed by atoms with Gasteiger partial charge >= 0.3 is 0 Å². The largest absolute Gasteiger partial charge is 0.381 e. The molecule has 5 fully saturated rings. The molecule has 11 aromatic heterocycles. The Morgan fingerprint density at radius 3 is 1.35 bits per heavy atom. The average Bonchev–Trinajstić information content (AvgIpc) is 1.60. The average molecular weight is 1420 g/mol. The molecule has 5 N–H and O–H groups in total. The molecule has 105 heavy (non-hydrogen) atoms. The number of aromatic nitrogens is 12. The monoisotopic (exact) mass is 1420 g/mol. The highest BCUT2D eigenvalue weighted by Crippen LogP contribution is 2.40. The number of hydrogen-bond donors (Lipinski definition) is 5. The molecule has 5 saturated heterocycles. The minimum absolute atomic E-state index is 0.0132. The number of amides is 1. The van der Waals surface area contributed by atoms with Crippen molar-refractivity contribution in [3.05, 3.63) is 143 Å². The fraction of sp³-hybridized carbons (Fsp3) is 0.488. The normalized spacial score (nSPS) is 19.8. The smallest absolute Gasteiger partial charge is 0.260 e. The number of rotatable bonds is 6. The molecular weight excluding hydrogens is 1320 g/mol. The second-order valence-corrected chi connectivity index (χ2v) is 30.4. The van der Waals surface area contributed by atoms with Gasteiger partial charge in [-0.15, -0.1) is 10.2 Å². The number of carbonyl (C=O) groups is 1. The standard InChI is InChI=1S/C18H16N4O2.C18H26N4.C16H22N4.C15H17N3O2.C15H19N3O/c23-18-13-4-2-1-3-12(13)16-15-14(20-21-16)5-8-19-17(15)22(18)11-6-9-24-10-7-11;1-13(2)21-10-6-15(7-11-21)22-9-3-4-14-12-20-16-5-8-19-18(22)17(14)16;1-19-9-5-13(6-10-19)20-8-2-3-12-11-18-14-4-7-17-16(20)15(12)14;19-13-2-1-10-9-17-12-3-6-16-15(14(10)12)18(13)11-4-7-20-8-5-11;1-2-11-10-17-13-3-6-16-15(14(11)13)18(7-1)12-4-8-19-9-5-12/h1-5,8,11,19H,6-7,9-10H2;5,8,12-13,15,20H,3-4,6-7,9-11H2,1-2H3;4,7,11,13,18H,2-3,5-6,8-10H2,1H3;3,6,9,11,17H,1-2,4-5,7-8H2;3,6,10,12,17H,1-2,4-5,7-9H2. The van der Waals surface area contributed by atoms with Crippen molar-refractivity contribution in [2.24, 2.45) is 0 Å². The molecule has 0 bridgehead atoms. The second kappa shape index (κ2) is 30.7. The Labute approximate surface area is 611 Å². The summed E-state index contributed by atoms with van der Waals surface area (Å²) in [5.41, 5.74) is 12.7. The van der Waals surface area contributed by atoms with Crippen molar-refractivity contribution >= 4 is 106 Å². The Morgan fingerprint density at radius 1 is 0.429 bits per heavy atom. The molecule has 0 atom stereocenters. The van der Waals surface area contributed by atoms with E-state index in [1.807, 2.05) is 76.8 Å². The van der Waals surface area contributed by atoms with Crippen LogP contribution in [0.2, 0.25) is 0 Å². The highest BCUT2D eigenvalue weighted by Gasteiger charge is 2.35. The van der Waals surface area contributed by atoms with E-state index in [0.717, 1.165) is 142 Å². The van der Waals surface area contributed by atoms with Gasteiger partial charge in [-0.2, -0.15) is 0 Å². The van der Waals surface area contributed by atoms with Gasteiger partial charge in [0.05, 0.1) is 27.5 Å². The van der Waals surface area contributed by atoms with E-state index in [-0.39, 0.29) is 23.6 Å². The molecule has 0 saturated carbocycles. The number of ether oxygens (including phenoxy) is 3. The van der Waals surface area contributed by atoms with Crippen molar-refractivity contribution in [3.8, 4) is 0 Å². The number of aryl methyl sites for hydroxylation is 4. The SMILES string of the molecule is CC(C)N1CCC(N2CCCc3c[nH]c4ccnc2c34)CC1.CN1CCC(N2CCCc3c[nH]c4ccnc2c34)CC1.O=C1CCc2c[nH]c3ccnc(c23)N1C1CCOCC1.O=c1c2ccccc2c2nnc3cc[nH]c(c32)n1C1CCOCC1.c1cc2[nH]cc3c2c(n1)N(C1CCOCC1)CCC3. The third kappa shape index (κ3) is 13.7. The third-order valence-corrected chi connectivity index (χ3v) is 23.9. The van der Waals surface area contributed by atoms with Gasteiger partial charge in [-0.05, 0) is 202 Å². The lowest BCUT2D eigenvalue weighted by Crippen LogP contribution is -2.47. The van der Waals surface area contributed by atoms with Crippen LogP contribution >= 0.6 is 0 Å². The van der Waals surface area contributed by atoms with Crippen molar-refractivity contribution in [2.45, 2.75) is 166 Å². The summed E-state index contributed by atoms with van der Waals surface area (Å²) in [6, 6.07) is 20.7. The summed E-state index contributed by atoms with van der Waals surface area (Å²) < 4.78 is 18.3. The van der Waals surface area contributed by atoms with Crippen LogP contribution in [0.15, 0.2) is 115 Å². The maximum absolute atomic E-state index is 13.4. The first-order valence-electron chi connectivity index (χ1n) is 39.0. The molecule has 0 radical (unpaired) electrons. The van der Waals surface area contributed by atoms with E-state index in [0.29, 0.717) is 49.2 Å². The summed E-state index contributed by atoms with van der Waals surface area (Å²) in [5, 5.41) is 16.3. The zero-order valence-corrected chi connectivity index (χ0v) is 61.1. The van der Waals surface area contributed by atoms with E-state index in [1.54, 1.807) is 6.20 Å². The molecule has 0 spiro atoms. The first kappa shape index (κ1) is 68.8. The summed E-state index contributed by atoms with van der Waals surface area (Å²) in [6.45, 7) is 17.4. The number of aromatic amines is 5. The fourth-order valence-electron chi connectivity index (χ4n) is 18.4. The molecule has 0 aliphatic carbocycles. The molecule has 23 nitrogen and oxygen atoms in total. The van der Waals surface area contributed by atoms with Gasteiger partial charge in [-0.25, -0.2) is 19.9 Å². The Bertz CT molecular complexity index is 5070. The van der Waals surface area contributed by atoms with Gasteiger partial charge in [0.25, 0.3) is 5.56 Å². The molecule has 1 aromatic carbocycles. The van der Waals surface area contributed by atoms with Crippen LogP contribution in [0.3, 0.4) is 0 Å². The van der Waals surface area contributed by atoms with Crippen molar-refractivity contribution in [1.82, 2.24) is 69.4 Å². The topological polar surface area (TPSA) is 242 Å². The van der Waals surface area contributed by atoms with Crippen molar-refractivity contribution in [2.75, 3.05) is 112 Å². The predicted octanol–water partition coefficient (Wildman–Crippen LogP) is 12.9. The van der Waals surface area contributed by atoms with E-state index in [4.69, 9.17) is 29.2 Å². The maximum atomic E-state index is 13.4. The summed E-state index contributed by atoms with van der Waals surface area (Å²) >= 11 is 0. The molecule has 9 aliphatic heterocycles. The number of hydrogen-bond acceptors (Lipinski definition) is 16. The van der Waals surface area contributed by atoms with Crippen molar-refractivity contribution in [3.63, 3.8) is 0 Å². The summed E-state index contributed by atoms with van der Waals surface area (Å²) in [5.74, 6) is 4.62. The summed E-state index contributed by atoms with van der Waals surface area (Å²) in [4.78, 5) is 76.1. The number of nitrogens with zero attached hydrogens (tertiary/aromatic N) is 13. The fourth-order valence-corrected chi connectivity index (χ4v) is 18.4. The first-order valence-corrected chi connectivity index (χ1v) is 39.0. The molecule has 1 amide bonds. The molecule has 9 aliphatic rings. The number of pyridine rings is 5. The molecular formula is C82H100N18O5. The molecule has 12 aromatic rings. The minimum atomic E-state index is 0.0132. The van der Waals surface area contributed by atoms with Crippen LogP contribution < -0.4 is 25.2 Å². The first-order chi connectivity index (χ1) is 51.7. The lowest BCUT2D eigenvalue weighted by molar-refractivity contribution is -0.119. The van der Waals surface area contributed by atoms with E-state index in [2.05, 4.69) is 122 Å². The number of benzene rings is 1. The van der Waals surface area contributed by atoms with Crippen LogP contribution in [0.5, 0.6) is 0 Å². The Morgan fingerprint density at radius 2 is 0.857 bits per heavy atom. The van der Waals surface area contributed by atoms with Crippen LogP contribution in [0.25, 0.3) is 76.5 Å². The highest BCUT2D eigenvalue weighted by molar-refractivity contribution is 6.14. The Balaban J connectivity index is 0.0000000971. The predicted molar refractivity (Wildman–Crippen MR) is 417 cm³/mol. The van der Waals surface area contributed by atoms with Gasteiger partial charge < -0.3 is 63.6 Å². The molecule has 20 heterocycles. The van der Waals surface area contributed by atoms with Crippen molar-refractivity contribution in [1.29, 1.82) is 0 Å². The number of anilines is 4. The van der Waals surface area contributed by atoms with Crippen LogP contribution in [-0.2, 0) is 44.7 Å². The maximum Gasteiger partial charge on any atom is 0.260 e. The number of piperidine rings is 2. The zero-order chi connectivity index (χ0) is 70.9. The van der Waals surface area contributed by atoms with E-state index >= 15 is 0 Å². The van der Waals surface area contributed by atoms with Gasteiger partial charge in [0.15, 0.2) is 0 Å². The van der Waals surface area contributed by atoms with Gasteiger partial charge in [-0.1, -0.05) is 18.2 Å². The van der Waals surface area contributed by atoms with Gasteiger partial charge in [0.1, 0.15) is 40.0 Å². The number of fused-ring (bicyclic) bond motifs is 2. The molecule has 0 unspecified atom stereocenters. The van der Waals surface area contributed by atoms with Crippen LogP contribution in [-0.4, -0.2) is 198 Å². The number of carbonyl (C=O) groups excluding carboxylic acids is 1. The Hall–Kier alpha value is -9.26. The van der Waals surface area contributed by atoms with Crippen LogP contribution in [0.4, 0.5) is 23.3 Å². The molecule has 23 heteroatoms. The minimum Gasteiger partial charge on any atom is -0.381 e. The summed E-state index contributed by atoms with van der Waals surface area (Å²) in [6.07, 6.45) is 37.2. The van der Waals surface area contributed by atoms with Gasteiger partial charge in [-0.3, -0.25) is 19.1 Å². The third-order valence-electron chi connectivity index (χ3n) is 23.9. The lowest BCUT2D eigenvalue weighted by Gasteiger charge is -2.40. The number of likely N-dealkylation sites (tertiary alicyclic amines) is 2. The van der Waals surface area contributed by atoms with Crippen LogP contribution in [0, 0.1) is 0 Å². The molecule has 548 valence electrons. The van der Waals surface area contributed by atoms with Gasteiger partial charge in [0, 0.05) is 203 Å². The van der Waals surface area contributed by atoms with E-state index in [9.17, 15) is 9.59 Å². The van der Waals surface area contributed by atoms with Gasteiger partial charge in [0.2, 0.25) is 5.91 Å². The quantitative estimate of drug-likeness (QED) is 0.104. The molecule has 21 rings (SSSR count). The zero-order valence-electron chi connectivity index (χ0n) is 61.1. The summed E-state index contributed by atoms with van der Waals surface area (Å²) in [7, 11) is 2.22. The number of H-pyrrole nitrogens is 5. The second-order valence-electron chi connectivity index (χ2n) is 30.4. The Kier molecular flexibility index (Phi) is 20.1. The number of nitrogens with one attached hydrogen (secondary N) is 5. The van der Waals surface area contributed by atoms with E-state index < -0.39 is 0 Å². The lowest BCUT2D eigenvalue weighted by atomic mass is 10.0.